The average Bonchev–Trinajstić information content (AvgIpc) is 3.07. The van der Waals surface area contributed by atoms with Gasteiger partial charge in [-0.3, -0.25) is 0 Å². The highest BCUT2D eigenvalue weighted by molar-refractivity contribution is 7.09. The average molecular weight is 308 g/mol. The van der Waals surface area contributed by atoms with E-state index >= 15 is 0 Å². The van der Waals surface area contributed by atoms with E-state index in [1.165, 1.54) is 4.88 Å². The minimum atomic E-state index is -0.171. The Bertz CT molecular complexity index is 721. The summed E-state index contributed by atoms with van der Waals surface area (Å²) in [4.78, 5) is 10.3. The highest BCUT2D eigenvalue weighted by Gasteiger charge is 2.17. The summed E-state index contributed by atoms with van der Waals surface area (Å²) in [6.07, 6.45) is 0. The van der Waals surface area contributed by atoms with Crippen LogP contribution in [0.25, 0.3) is 11.2 Å². The van der Waals surface area contributed by atoms with E-state index in [1.807, 2.05) is 25.1 Å². The predicted octanol–water partition coefficient (Wildman–Crippen LogP) is 3.85. The number of ether oxygens (including phenoxy) is 1. The molecule has 0 amide bonds. The van der Waals surface area contributed by atoms with Gasteiger partial charge in [-0.1, -0.05) is 6.07 Å². The smallest absolute Gasteiger partial charge is 0.215 e. The molecule has 0 aliphatic heterocycles. The Morgan fingerprint density at radius 1 is 1.35 bits per heavy atom. The maximum absolute atomic E-state index is 6.25. The summed E-state index contributed by atoms with van der Waals surface area (Å²) in [5.41, 5.74) is 1.64. The van der Waals surface area contributed by atoms with Crippen LogP contribution in [0.4, 0.5) is 0 Å². The minimum Gasteiger partial charge on any atom is -0.481 e. The van der Waals surface area contributed by atoms with E-state index in [2.05, 4.69) is 26.0 Å². The number of thiophene rings is 1. The third-order valence-corrected chi connectivity index (χ3v) is 4.11. The summed E-state index contributed by atoms with van der Waals surface area (Å²) < 4.78 is 7.26. The monoisotopic (exact) mass is 307 g/mol. The lowest BCUT2D eigenvalue weighted by atomic mass is 10.4. The predicted molar refractivity (Wildman–Crippen MR) is 81.8 cm³/mol. The number of nitrogens with zero attached hydrogens (tertiary/aromatic N) is 3. The second kappa shape index (κ2) is 5.42. The van der Waals surface area contributed by atoms with Crippen molar-refractivity contribution in [1.29, 1.82) is 0 Å². The first-order chi connectivity index (χ1) is 9.69. The summed E-state index contributed by atoms with van der Waals surface area (Å²) in [7, 11) is 1.61. The lowest BCUT2D eigenvalue weighted by Crippen LogP contribution is -2.05. The third kappa shape index (κ3) is 2.39. The van der Waals surface area contributed by atoms with E-state index in [0.717, 1.165) is 23.5 Å². The van der Waals surface area contributed by atoms with Gasteiger partial charge in [0, 0.05) is 10.9 Å². The normalized spacial score (nSPS) is 12.8. The molecule has 3 heterocycles. The lowest BCUT2D eigenvalue weighted by molar-refractivity contribution is 0.399. The summed E-state index contributed by atoms with van der Waals surface area (Å²) in [6.45, 7) is 2.64. The molecule has 0 fully saturated rings. The maximum Gasteiger partial charge on any atom is 0.215 e. The van der Waals surface area contributed by atoms with Gasteiger partial charge in [-0.05, 0) is 24.4 Å². The first kappa shape index (κ1) is 13.4. The summed E-state index contributed by atoms with van der Waals surface area (Å²) in [5.74, 6) is 1.41. The zero-order valence-corrected chi connectivity index (χ0v) is 12.8. The van der Waals surface area contributed by atoms with Crippen molar-refractivity contribution < 1.29 is 4.74 Å². The molecule has 20 heavy (non-hydrogen) atoms. The van der Waals surface area contributed by atoms with Crippen LogP contribution in [0.3, 0.4) is 0 Å². The SMILES string of the molecule is COc1ccc2nc(C(C)Cl)n(Cc3cccs3)c2n1. The van der Waals surface area contributed by atoms with E-state index in [-0.39, 0.29) is 5.38 Å². The van der Waals surface area contributed by atoms with Crippen LogP contribution in [0.1, 0.15) is 23.0 Å². The molecule has 0 saturated carbocycles. The van der Waals surface area contributed by atoms with Crippen LogP contribution < -0.4 is 4.74 Å². The van der Waals surface area contributed by atoms with Crippen molar-refractivity contribution in [3.63, 3.8) is 0 Å². The highest BCUT2D eigenvalue weighted by Crippen LogP contribution is 2.26. The van der Waals surface area contributed by atoms with Crippen LogP contribution in [-0.2, 0) is 6.54 Å². The van der Waals surface area contributed by atoms with Gasteiger partial charge in [0.2, 0.25) is 5.88 Å². The molecule has 0 N–H and O–H groups in total. The molecule has 3 aromatic rings. The molecule has 6 heteroatoms. The quantitative estimate of drug-likeness (QED) is 0.687. The van der Waals surface area contributed by atoms with Gasteiger partial charge in [0.1, 0.15) is 11.3 Å². The molecule has 3 rings (SSSR count). The zero-order valence-electron chi connectivity index (χ0n) is 11.2. The van der Waals surface area contributed by atoms with Crippen LogP contribution in [-0.4, -0.2) is 21.6 Å². The third-order valence-electron chi connectivity index (χ3n) is 3.06. The number of halogens is 1. The molecular formula is C14H14ClN3OS. The van der Waals surface area contributed by atoms with Crippen molar-refractivity contribution in [1.82, 2.24) is 14.5 Å². The molecule has 0 aliphatic rings. The molecule has 0 spiro atoms. The minimum absolute atomic E-state index is 0.171. The van der Waals surface area contributed by atoms with E-state index in [1.54, 1.807) is 18.4 Å². The van der Waals surface area contributed by atoms with Crippen LogP contribution >= 0.6 is 22.9 Å². The van der Waals surface area contributed by atoms with E-state index in [4.69, 9.17) is 16.3 Å². The van der Waals surface area contributed by atoms with Gasteiger partial charge in [-0.15, -0.1) is 22.9 Å². The zero-order chi connectivity index (χ0) is 14.1. The molecule has 4 nitrogen and oxygen atoms in total. The maximum atomic E-state index is 6.25. The fourth-order valence-corrected chi connectivity index (χ4v) is 2.99. The Morgan fingerprint density at radius 2 is 2.20 bits per heavy atom. The molecule has 1 atom stereocenters. The Labute approximate surface area is 126 Å². The Balaban J connectivity index is 2.16. The highest BCUT2D eigenvalue weighted by atomic mass is 35.5. The number of hydrogen-bond donors (Lipinski definition) is 0. The molecule has 1 unspecified atom stereocenters. The number of aromatic nitrogens is 3. The van der Waals surface area contributed by atoms with Crippen molar-refractivity contribution in [3.05, 3.63) is 40.3 Å². The number of pyridine rings is 1. The topological polar surface area (TPSA) is 39.9 Å². The van der Waals surface area contributed by atoms with Crippen LogP contribution in [0, 0.1) is 0 Å². The second-order valence-electron chi connectivity index (χ2n) is 4.45. The van der Waals surface area contributed by atoms with Gasteiger partial charge >= 0.3 is 0 Å². The summed E-state index contributed by atoms with van der Waals surface area (Å²) in [6, 6.07) is 7.86. The molecule has 0 aliphatic carbocycles. The van der Waals surface area contributed by atoms with Gasteiger partial charge in [0.15, 0.2) is 5.65 Å². The molecular weight excluding hydrogens is 294 g/mol. The molecule has 0 radical (unpaired) electrons. The van der Waals surface area contributed by atoms with Crippen LogP contribution in [0.5, 0.6) is 5.88 Å². The first-order valence-electron chi connectivity index (χ1n) is 6.26. The molecule has 0 bridgehead atoms. The van der Waals surface area contributed by atoms with Crippen LogP contribution in [0.15, 0.2) is 29.6 Å². The number of fused-ring (bicyclic) bond motifs is 1. The van der Waals surface area contributed by atoms with Crippen LogP contribution in [0.2, 0.25) is 0 Å². The number of rotatable bonds is 4. The largest absolute Gasteiger partial charge is 0.481 e. The second-order valence-corrected chi connectivity index (χ2v) is 6.13. The molecule has 104 valence electrons. The van der Waals surface area contributed by atoms with Crippen molar-refractivity contribution >= 4 is 34.1 Å². The number of imidazole rings is 1. The number of hydrogen-bond acceptors (Lipinski definition) is 4. The van der Waals surface area contributed by atoms with Gasteiger partial charge in [-0.2, -0.15) is 4.98 Å². The fourth-order valence-electron chi connectivity index (χ4n) is 2.13. The van der Waals surface area contributed by atoms with Gasteiger partial charge in [-0.25, -0.2) is 4.98 Å². The van der Waals surface area contributed by atoms with E-state index < -0.39 is 0 Å². The first-order valence-corrected chi connectivity index (χ1v) is 7.58. The summed E-state index contributed by atoms with van der Waals surface area (Å²) in [5, 5.41) is 1.89. The Morgan fingerprint density at radius 3 is 2.85 bits per heavy atom. The number of alkyl halides is 1. The molecule has 3 aromatic heterocycles. The number of methoxy groups -OCH3 is 1. The van der Waals surface area contributed by atoms with Crippen molar-refractivity contribution in [2.24, 2.45) is 0 Å². The summed E-state index contributed by atoms with van der Waals surface area (Å²) >= 11 is 7.96. The lowest BCUT2D eigenvalue weighted by Gasteiger charge is -2.09. The van der Waals surface area contributed by atoms with Gasteiger partial charge < -0.3 is 9.30 Å². The standard InChI is InChI=1S/C14H14ClN3OS/c1-9(15)13-16-11-5-6-12(19-2)17-14(11)18(13)8-10-4-3-7-20-10/h3-7,9H,8H2,1-2H3. The van der Waals surface area contributed by atoms with Crippen molar-refractivity contribution in [2.75, 3.05) is 7.11 Å². The van der Waals surface area contributed by atoms with E-state index in [9.17, 15) is 0 Å². The van der Waals surface area contributed by atoms with Gasteiger partial charge in [0.05, 0.1) is 19.0 Å². The van der Waals surface area contributed by atoms with Crippen molar-refractivity contribution in [2.45, 2.75) is 18.8 Å². The van der Waals surface area contributed by atoms with Crippen molar-refractivity contribution in [3.8, 4) is 5.88 Å². The Kier molecular flexibility index (Phi) is 3.63. The molecule has 0 saturated heterocycles. The van der Waals surface area contributed by atoms with E-state index in [0.29, 0.717) is 5.88 Å². The molecule has 0 aromatic carbocycles. The fraction of sp³-hybridized carbons (Fsp3) is 0.286. The Hall–Kier alpha value is -1.59. The van der Waals surface area contributed by atoms with Gasteiger partial charge in [0.25, 0.3) is 0 Å².